The molecule has 2 N–H and O–H groups in total. The van der Waals surface area contributed by atoms with Gasteiger partial charge in [-0.3, -0.25) is 4.79 Å². The van der Waals surface area contributed by atoms with Crippen LogP contribution in [-0.2, 0) is 11.2 Å². The van der Waals surface area contributed by atoms with Crippen LogP contribution in [0.4, 0.5) is 0 Å². The molecule has 3 heteroatoms. The maximum atomic E-state index is 12.0. The molecule has 2 nitrogen and oxygen atoms in total. The third kappa shape index (κ3) is 3.32. The summed E-state index contributed by atoms with van der Waals surface area (Å²) in [7, 11) is 0. The minimum atomic E-state index is -0.0729. The molecule has 1 atom stereocenters. The summed E-state index contributed by atoms with van der Waals surface area (Å²) < 4.78 is 0. The summed E-state index contributed by atoms with van der Waals surface area (Å²) in [6.45, 7) is 4.44. The van der Waals surface area contributed by atoms with Gasteiger partial charge in [-0.15, -0.1) is 0 Å². The number of hydrogen-bond acceptors (Lipinski definition) is 2. The number of Topliss-reactive ketones (excluding diaryl/α,β-unsaturated/α-hetero) is 1. The monoisotopic (exact) mass is 239 g/mol. The van der Waals surface area contributed by atoms with Gasteiger partial charge >= 0.3 is 0 Å². The van der Waals surface area contributed by atoms with Crippen molar-refractivity contribution in [2.45, 2.75) is 20.3 Å². The van der Waals surface area contributed by atoms with Crippen LogP contribution in [0.3, 0.4) is 0 Å². The van der Waals surface area contributed by atoms with Crippen molar-refractivity contribution in [1.82, 2.24) is 0 Å². The molecule has 1 rings (SSSR count). The largest absolute Gasteiger partial charge is 0.330 e. The van der Waals surface area contributed by atoms with Crippen LogP contribution in [0.15, 0.2) is 24.3 Å². The van der Waals surface area contributed by atoms with Crippen molar-refractivity contribution in [3.8, 4) is 0 Å². The Morgan fingerprint density at radius 2 is 2.00 bits per heavy atom. The highest BCUT2D eigenvalue weighted by atomic mass is 35.5. The minimum absolute atomic E-state index is 0.0729. The number of carbonyl (C=O) groups is 1. The summed E-state index contributed by atoms with van der Waals surface area (Å²) in [6, 6.07) is 7.44. The molecular formula is C13H18ClNO. The molecule has 0 aliphatic rings. The average Bonchev–Trinajstić information content (AvgIpc) is 2.22. The molecule has 0 amide bonds. The van der Waals surface area contributed by atoms with E-state index >= 15 is 0 Å². The Labute approximate surface area is 102 Å². The lowest BCUT2D eigenvalue weighted by molar-refractivity contribution is -0.123. The van der Waals surface area contributed by atoms with E-state index in [-0.39, 0.29) is 17.6 Å². The molecule has 0 spiro atoms. The topological polar surface area (TPSA) is 43.1 Å². The van der Waals surface area contributed by atoms with Crippen molar-refractivity contribution in [2.24, 2.45) is 17.6 Å². The molecule has 1 aromatic rings. The van der Waals surface area contributed by atoms with Crippen LogP contribution < -0.4 is 5.73 Å². The lowest BCUT2D eigenvalue weighted by Crippen LogP contribution is -2.29. The van der Waals surface area contributed by atoms with Gasteiger partial charge in [-0.2, -0.15) is 0 Å². The zero-order chi connectivity index (χ0) is 12.1. The fraction of sp³-hybridized carbons (Fsp3) is 0.462. The van der Waals surface area contributed by atoms with Crippen molar-refractivity contribution in [3.05, 3.63) is 34.9 Å². The van der Waals surface area contributed by atoms with Crippen LogP contribution in [0.25, 0.3) is 0 Å². The lowest BCUT2D eigenvalue weighted by Gasteiger charge is -2.17. The second-order valence-electron chi connectivity index (χ2n) is 4.32. The van der Waals surface area contributed by atoms with Crippen molar-refractivity contribution >= 4 is 17.4 Å². The molecule has 0 saturated carbocycles. The highest BCUT2D eigenvalue weighted by molar-refractivity contribution is 6.31. The number of rotatable bonds is 5. The van der Waals surface area contributed by atoms with Crippen LogP contribution in [0.2, 0.25) is 5.02 Å². The fourth-order valence-electron chi connectivity index (χ4n) is 1.74. The zero-order valence-corrected chi connectivity index (χ0v) is 10.5. The molecule has 0 aliphatic carbocycles. The van der Waals surface area contributed by atoms with Crippen molar-refractivity contribution in [3.63, 3.8) is 0 Å². The van der Waals surface area contributed by atoms with E-state index in [9.17, 15) is 4.79 Å². The first-order chi connectivity index (χ1) is 7.56. The Morgan fingerprint density at radius 1 is 1.38 bits per heavy atom. The lowest BCUT2D eigenvalue weighted by atomic mass is 9.88. The molecule has 0 fully saturated rings. The Morgan fingerprint density at radius 3 is 2.50 bits per heavy atom. The van der Waals surface area contributed by atoms with Crippen molar-refractivity contribution in [1.29, 1.82) is 0 Å². The second kappa shape index (κ2) is 6.02. The maximum Gasteiger partial charge on any atom is 0.141 e. The zero-order valence-electron chi connectivity index (χ0n) is 9.74. The molecule has 0 saturated heterocycles. The summed E-state index contributed by atoms with van der Waals surface area (Å²) in [4.78, 5) is 12.0. The standard InChI is InChI=1S/C13H18ClNO/c1-9(2)11(8-15)13(16)7-10-5-3-4-6-12(10)14/h3-6,9,11H,7-8,15H2,1-2H3. The predicted molar refractivity (Wildman–Crippen MR) is 67.5 cm³/mol. The summed E-state index contributed by atoms with van der Waals surface area (Å²) in [5.74, 6) is 0.377. The smallest absolute Gasteiger partial charge is 0.141 e. The van der Waals surface area contributed by atoms with Crippen LogP contribution >= 0.6 is 11.6 Å². The third-order valence-corrected chi connectivity index (χ3v) is 3.16. The Hall–Kier alpha value is -0.860. The van der Waals surface area contributed by atoms with Crippen LogP contribution in [0.5, 0.6) is 0 Å². The van der Waals surface area contributed by atoms with E-state index in [1.807, 2.05) is 32.0 Å². The highest BCUT2D eigenvalue weighted by Crippen LogP contribution is 2.19. The number of benzene rings is 1. The van der Waals surface area contributed by atoms with E-state index in [2.05, 4.69) is 0 Å². The van der Waals surface area contributed by atoms with Gasteiger partial charge in [0.1, 0.15) is 5.78 Å². The van der Waals surface area contributed by atoms with E-state index in [0.29, 0.717) is 18.0 Å². The van der Waals surface area contributed by atoms with E-state index in [1.165, 1.54) is 0 Å². The fourth-order valence-corrected chi connectivity index (χ4v) is 1.94. The first kappa shape index (κ1) is 13.2. The molecule has 0 heterocycles. The first-order valence-electron chi connectivity index (χ1n) is 5.52. The first-order valence-corrected chi connectivity index (χ1v) is 5.90. The summed E-state index contributed by atoms with van der Waals surface area (Å²) in [5.41, 5.74) is 6.50. The van der Waals surface area contributed by atoms with Gasteiger partial charge in [0.25, 0.3) is 0 Å². The molecule has 16 heavy (non-hydrogen) atoms. The number of hydrogen-bond donors (Lipinski definition) is 1. The quantitative estimate of drug-likeness (QED) is 0.859. The molecule has 1 aromatic carbocycles. The predicted octanol–water partition coefficient (Wildman–Crippen LogP) is 2.68. The highest BCUT2D eigenvalue weighted by Gasteiger charge is 2.20. The SMILES string of the molecule is CC(C)C(CN)C(=O)Cc1ccccc1Cl. The summed E-state index contributed by atoms with van der Waals surface area (Å²) in [6.07, 6.45) is 0.375. The average molecular weight is 240 g/mol. The number of halogens is 1. The number of nitrogens with two attached hydrogens (primary N) is 1. The second-order valence-corrected chi connectivity index (χ2v) is 4.73. The van der Waals surface area contributed by atoms with Gasteiger partial charge in [0, 0.05) is 23.9 Å². The van der Waals surface area contributed by atoms with Crippen molar-refractivity contribution in [2.75, 3.05) is 6.54 Å². The van der Waals surface area contributed by atoms with Crippen LogP contribution in [0, 0.1) is 11.8 Å². The van der Waals surface area contributed by atoms with Gasteiger partial charge in [0.15, 0.2) is 0 Å². The Bertz CT molecular complexity index is 363. The maximum absolute atomic E-state index is 12.0. The van der Waals surface area contributed by atoms with E-state index in [0.717, 1.165) is 5.56 Å². The van der Waals surface area contributed by atoms with Gasteiger partial charge < -0.3 is 5.73 Å². The molecule has 0 aliphatic heterocycles. The Balaban J connectivity index is 2.74. The third-order valence-electron chi connectivity index (χ3n) is 2.79. The molecule has 88 valence electrons. The van der Waals surface area contributed by atoms with Gasteiger partial charge in [0.2, 0.25) is 0 Å². The van der Waals surface area contributed by atoms with E-state index in [1.54, 1.807) is 6.07 Å². The van der Waals surface area contributed by atoms with Gasteiger partial charge in [-0.1, -0.05) is 43.6 Å². The van der Waals surface area contributed by atoms with Gasteiger partial charge in [-0.25, -0.2) is 0 Å². The minimum Gasteiger partial charge on any atom is -0.330 e. The molecule has 0 aromatic heterocycles. The number of carbonyl (C=O) groups excluding carboxylic acids is 1. The normalized spacial score (nSPS) is 12.8. The molecule has 0 bridgehead atoms. The van der Waals surface area contributed by atoms with E-state index < -0.39 is 0 Å². The molecule has 1 unspecified atom stereocenters. The summed E-state index contributed by atoms with van der Waals surface area (Å²) in [5, 5.41) is 0.648. The van der Waals surface area contributed by atoms with Gasteiger partial charge in [0.05, 0.1) is 0 Å². The van der Waals surface area contributed by atoms with E-state index in [4.69, 9.17) is 17.3 Å². The van der Waals surface area contributed by atoms with Crippen LogP contribution in [0.1, 0.15) is 19.4 Å². The number of ketones is 1. The molecular weight excluding hydrogens is 222 g/mol. The van der Waals surface area contributed by atoms with Crippen molar-refractivity contribution < 1.29 is 4.79 Å². The van der Waals surface area contributed by atoms with Gasteiger partial charge in [-0.05, 0) is 17.5 Å². The van der Waals surface area contributed by atoms with Crippen LogP contribution in [-0.4, -0.2) is 12.3 Å². The summed E-state index contributed by atoms with van der Waals surface area (Å²) >= 11 is 6.01. The molecule has 0 radical (unpaired) electrons. The Kier molecular flexibility index (Phi) is 4.97.